The molecule has 8 heteroatoms. The van der Waals surface area contributed by atoms with Gasteiger partial charge in [-0.3, -0.25) is 4.79 Å². The Hall–Kier alpha value is -1.86. The lowest BCUT2D eigenvalue weighted by Gasteiger charge is -2.10. The van der Waals surface area contributed by atoms with Crippen molar-refractivity contribution >= 4 is 34.0 Å². The first kappa shape index (κ1) is 13.6. The lowest BCUT2D eigenvalue weighted by atomic mass is 10.2. The average molecular weight is 299 g/mol. The number of carbonyl (C=O) groups is 1. The first-order valence-corrected chi connectivity index (χ1v) is 6.50. The smallest absolute Gasteiger partial charge is 0.282 e. The Balaban J connectivity index is 2.09. The number of nitrogen functional groups attached to an aromatic ring is 1. The number of halogens is 1. The largest absolute Gasteiger partial charge is 0.496 e. The van der Waals surface area contributed by atoms with Crippen LogP contribution in [0.4, 0.5) is 5.13 Å². The molecule has 0 fully saturated rings. The van der Waals surface area contributed by atoms with Crippen LogP contribution in [0.15, 0.2) is 18.2 Å². The quantitative estimate of drug-likeness (QED) is 0.897. The summed E-state index contributed by atoms with van der Waals surface area (Å²) in [5.41, 5.74) is 6.12. The first-order valence-electron chi connectivity index (χ1n) is 5.30. The van der Waals surface area contributed by atoms with E-state index in [1.54, 1.807) is 25.3 Å². The molecule has 1 heterocycles. The highest BCUT2D eigenvalue weighted by Crippen LogP contribution is 2.26. The van der Waals surface area contributed by atoms with Crippen LogP contribution in [0.25, 0.3) is 0 Å². The second-order valence-corrected chi connectivity index (χ2v) is 4.97. The van der Waals surface area contributed by atoms with Gasteiger partial charge >= 0.3 is 0 Å². The van der Waals surface area contributed by atoms with Crippen LogP contribution in [-0.4, -0.2) is 23.2 Å². The summed E-state index contributed by atoms with van der Waals surface area (Å²) < 4.78 is 5.19. The summed E-state index contributed by atoms with van der Waals surface area (Å²) >= 11 is 7.09. The summed E-state index contributed by atoms with van der Waals surface area (Å²) in [6.07, 6.45) is 0. The number of nitrogens with two attached hydrogens (primary N) is 1. The third kappa shape index (κ3) is 3.12. The molecule has 100 valence electrons. The zero-order valence-electron chi connectivity index (χ0n) is 10.0. The van der Waals surface area contributed by atoms with Crippen molar-refractivity contribution in [3.63, 3.8) is 0 Å². The highest BCUT2D eigenvalue weighted by Gasteiger charge is 2.13. The lowest BCUT2D eigenvalue weighted by Crippen LogP contribution is -2.23. The molecule has 2 aromatic rings. The number of anilines is 1. The number of hydrogen-bond acceptors (Lipinski definition) is 6. The minimum absolute atomic E-state index is 0.212. The maximum Gasteiger partial charge on any atom is 0.282 e. The molecule has 0 bridgehead atoms. The van der Waals surface area contributed by atoms with Crippen molar-refractivity contribution in [2.45, 2.75) is 6.54 Å². The maximum absolute atomic E-state index is 11.8. The van der Waals surface area contributed by atoms with Gasteiger partial charge in [0, 0.05) is 17.1 Å². The van der Waals surface area contributed by atoms with E-state index in [9.17, 15) is 4.79 Å². The molecule has 1 aromatic heterocycles. The maximum atomic E-state index is 11.8. The minimum Gasteiger partial charge on any atom is -0.496 e. The second kappa shape index (κ2) is 5.85. The number of rotatable bonds is 4. The van der Waals surface area contributed by atoms with E-state index < -0.39 is 0 Å². The lowest BCUT2D eigenvalue weighted by molar-refractivity contribution is 0.0949. The fourth-order valence-electron chi connectivity index (χ4n) is 1.47. The Labute approximate surface area is 118 Å². The van der Waals surface area contributed by atoms with Crippen LogP contribution in [0.1, 0.15) is 15.4 Å². The van der Waals surface area contributed by atoms with Crippen LogP contribution in [0.2, 0.25) is 5.02 Å². The fourth-order valence-corrected chi connectivity index (χ4v) is 2.23. The van der Waals surface area contributed by atoms with Gasteiger partial charge in [0.25, 0.3) is 5.91 Å². The molecule has 1 amide bonds. The summed E-state index contributed by atoms with van der Waals surface area (Å²) in [4.78, 5) is 11.8. The number of ether oxygens (including phenoxy) is 1. The molecular weight excluding hydrogens is 288 g/mol. The van der Waals surface area contributed by atoms with Crippen molar-refractivity contribution in [2.24, 2.45) is 0 Å². The summed E-state index contributed by atoms with van der Waals surface area (Å²) in [7, 11) is 1.54. The van der Waals surface area contributed by atoms with Crippen molar-refractivity contribution in [3.8, 4) is 5.75 Å². The number of methoxy groups -OCH3 is 1. The standard InChI is InChI=1S/C11H11ClN4O2S/c1-18-8-4-2-3-7(12)6(8)5-14-9(17)10-15-16-11(13)19-10/h2-4H,5H2,1H3,(H2,13,16)(H,14,17). The normalized spacial score (nSPS) is 10.2. The van der Waals surface area contributed by atoms with Crippen LogP contribution < -0.4 is 15.8 Å². The van der Waals surface area contributed by atoms with Gasteiger partial charge in [0.05, 0.1) is 7.11 Å². The number of benzene rings is 1. The van der Waals surface area contributed by atoms with Crippen molar-refractivity contribution in [3.05, 3.63) is 33.8 Å². The fraction of sp³-hybridized carbons (Fsp3) is 0.182. The molecule has 0 atom stereocenters. The van der Waals surface area contributed by atoms with Gasteiger partial charge < -0.3 is 15.8 Å². The van der Waals surface area contributed by atoms with Gasteiger partial charge in [0.1, 0.15) is 5.75 Å². The highest BCUT2D eigenvalue weighted by atomic mass is 35.5. The average Bonchev–Trinajstić information content (AvgIpc) is 2.83. The molecule has 0 aliphatic heterocycles. The van der Waals surface area contributed by atoms with Gasteiger partial charge in [-0.25, -0.2) is 0 Å². The van der Waals surface area contributed by atoms with Crippen molar-refractivity contribution in [1.29, 1.82) is 0 Å². The monoisotopic (exact) mass is 298 g/mol. The first-order chi connectivity index (χ1) is 9.11. The van der Waals surface area contributed by atoms with E-state index >= 15 is 0 Å². The SMILES string of the molecule is COc1cccc(Cl)c1CNC(=O)c1nnc(N)s1. The zero-order chi connectivity index (χ0) is 13.8. The van der Waals surface area contributed by atoms with E-state index in [2.05, 4.69) is 15.5 Å². The molecule has 0 radical (unpaired) electrons. The molecule has 0 spiro atoms. The number of nitrogens with zero attached hydrogens (tertiary/aromatic N) is 2. The molecule has 3 N–H and O–H groups in total. The van der Waals surface area contributed by atoms with Crippen molar-refractivity contribution in [2.75, 3.05) is 12.8 Å². The van der Waals surface area contributed by atoms with E-state index in [1.165, 1.54) is 0 Å². The summed E-state index contributed by atoms with van der Waals surface area (Å²) in [5.74, 6) is 0.265. The van der Waals surface area contributed by atoms with Crippen molar-refractivity contribution in [1.82, 2.24) is 15.5 Å². The minimum atomic E-state index is -0.351. The molecule has 0 aliphatic rings. The van der Waals surface area contributed by atoms with E-state index in [4.69, 9.17) is 22.1 Å². The molecule has 1 aromatic carbocycles. The summed E-state index contributed by atoms with van der Waals surface area (Å²) in [5, 5.41) is 10.9. The Morgan fingerprint density at radius 1 is 1.53 bits per heavy atom. The zero-order valence-corrected chi connectivity index (χ0v) is 11.6. The van der Waals surface area contributed by atoms with E-state index in [0.717, 1.165) is 11.3 Å². The van der Waals surface area contributed by atoms with Crippen molar-refractivity contribution < 1.29 is 9.53 Å². The molecule has 19 heavy (non-hydrogen) atoms. The second-order valence-electron chi connectivity index (χ2n) is 3.55. The topological polar surface area (TPSA) is 90.1 Å². The van der Waals surface area contributed by atoms with Gasteiger partial charge in [0.2, 0.25) is 10.1 Å². The Morgan fingerprint density at radius 3 is 2.95 bits per heavy atom. The number of aromatic nitrogens is 2. The van der Waals surface area contributed by atoms with Gasteiger partial charge in [-0.1, -0.05) is 29.0 Å². The molecule has 0 aliphatic carbocycles. The summed E-state index contributed by atoms with van der Waals surface area (Å²) in [6.45, 7) is 0.237. The van der Waals surface area contributed by atoms with Gasteiger partial charge in [-0.15, -0.1) is 10.2 Å². The third-order valence-electron chi connectivity index (χ3n) is 2.36. The number of nitrogens with one attached hydrogen (secondary N) is 1. The van der Waals surface area contributed by atoms with Gasteiger partial charge in [-0.05, 0) is 12.1 Å². The molecule has 6 nitrogen and oxygen atoms in total. The summed E-state index contributed by atoms with van der Waals surface area (Å²) in [6, 6.07) is 5.28. The van der Waals surface area contributed by atoms with Crippen LogP contribution in [0, 0.1) is 0 Å². The van der Waals surface area contributed by atoms with E-state index in [0.29, 0.717) is 16.3 Å². The van der Waals surface area contributed by atoms with Gasteiger partial charge in [-0.2, -0.15) is 0 Å². The Morgan fingerprint density at radius 2 is 2.32 bits per heavy atom. The molecule has 0 unspecified atom stereocenters. The predicted octanol–water partition coefficient (Wildman–Crippen LogP) is 1.71. The van der Waals surface area contributed by atoms with Crippen LogP contribution in [-0.2, 0) is 6.54 Å². The van der Waals surface area contributed by atoms with Crippen LogP contribution in [0.3, 0.4) is 0 Å². The number of amides is 1. The van der Waals surface area contributed by atoms with Crippen LogP contribution >= 0.6 is 22.9 Å². The molecule has 2 rings (SSSR count). The number of carbonyl (C=O) groups excluding carboxylic acids is 1. The molecular formula is C11H11ClN4O2S. The molecule has 0 saturated heterocycles. The highest BCUT2D eigenvalue weighted by molar-refractivity contribution is 7.16. The molecule has 0 saturated carbocycles. The van der Waals surface area contributed by atoms with Gasteiger partial charge in [0.15, 0.2) is 0 Å². The number of hydrogen-bond donors (Lipinski definition) is 2. The Bertz CT molecular complexity index is 602. The van der Waals surface area contributed by atoms with E-state index in [-0.39, 0.29) is 22.6 Å². The van der Waals surface area contributed by atoms with E-state index in [1.807, 2.05) is 0 Å². The third-order valence-corrected chi connectivity index (χ3v) is 3.46. The van der Waals surface area contributed by atoms with Crippen LogP contribution in [0.5, 0.6) is 5.75 Å². The Kier molecular flexibility index (Phi) is 4.18. The predicted molar refractivity (Wildman–Crippen MR) is 73.5 cm³/mol.